The van der Waals surface area contributed by atoms with Gasteiger partial charge in [-0.05, 0) is 24.6 Å². The second-order valence-electron chi connectivity index (χ2n) is 4.31. The van der Waals surface area contributed by atoms with Crippen LogP contribution < -0.4 is 4.90 Å². The van der Waals surface area contributed by atoms with Crippen LogP contribution in [0.3, 0.4) is 0 Å². The number of rotatable bonds is 6. The van der Waals surface area contributed by atoms with Crippen molar-refractivity contribution in [1.82, 2.24) is 15.0 Å². The summed E-state index contributed by atoms with van der Waals surface area (Å²) in [6.07, 6.45) is 0.624. The average Bonchev–Trinajstić information content (AvgIpc) is 2.77. The predicted molar refractivity (Wildman–Crippen MR) is 70.1 cm³/mol. The second kappa shape index (κ2) is 5.66. The third kappa shape index (κ3) is 3.00. The Kier molecular flexibility index (Phi) is 3.96. The number of nitrogens with zero attached hydrogens (tertiary/aromatic N) is 4. The lowest BCUT2D eigenvalue weighted by atomic mass is 10.2. The van der Waals surface area contributed by atoms with Crippen LogP contribution in [-0.2, 0) is 11.3 Å². The van der Waals surface area contributed by atoms with Gasteiger partial charge in [-0.2, -0.15) is 0 Å². The molecule has 0 fully saturated rings. The zero-order valence-corrected chi connectivity index (χ0v) is 10.7. The predicted octanol–water partition coefficient (Wildman–Crippen LogP) is 0.334. The molecule has 0 radical (unpaired) electrons. The molecule has 0 bridgehead atoms. The van der Waals surface area contributed by atoms with Gasteiger partial charge in [0.1, 0.15) is 12.1 Å². The summed E-state index contributed by atoms with van der Waals surface area (Å²) in [7, 11) is 1.71. The normalized spacial score (nSPS) is 10.8. The number of anilines is 1. The van der Waals surface area contributed by atoms with Crippen LogP contribution in [-0.4, -0.2) is 51.4 Å². The molecule has 2 N–H and O–H groups in total. The van der Waals surface area contributed by atoms with Crippen LogP contribution in [0.4, 0.5) is 5.69 Å². The van der Waals surface area contributed by atoms with Gasteiger partial charge in [-0.25, -0.2) is 4.68 Å². The molecule has 0 aliphatic carbocycles. The Morgan fingerprint density at radius 2 is 2.26 bits per heavy atom. The molecule has 19 heavy (non-hydrogen) atoms. The van der Waals surface area contributed by atoms with E-state index in [0.717, 1.165) is 11.2 Å². The number of aromatic nitrogens is 3. The molecule has 2 aromatic rings. The first-order valence-electron chi connectivity index (χ1n) is 5.99. The molecule has 0 unspecified atom stereocenters. The van der Waals surface area contributed by atoms with Crippen molar-refractivity contribution in [3.05, 3.63) is 18.2 Å². The van der Waals surface area contributed by atoms with Gasteiger partial charge in [0.25, 0.3) is 0 Å². The van der Waals surface area contributed by atoms with E-state index < -0.39 is 5.97 Å². The Morgan fingerprint density at radius 3 is 2.95 bits per heavy atom. The molecule has 0 saturated carbocycles. The Labute approximate surface area is 110 Å². The van der Waals surface area contributed by atoms with E-state index in [4.69, 9.17) is 10.2 Å². The lowest BCUT2D eigenvalue weighted by Gasteiger charge is -2.16. The molecule has 1 aromatic carbocycles. The molecule has 1 heterocycles. The number of aryl methyl sites for hydroxylation is 1. The fraction of sp³-hybridized carbons (Fsp3) is 0.417. The fourth-order valence-corrected chi connectivity index (χ4v) is 1.88. The topological polar surface area (TPSA) is 91.5 Å². The third-order valence-electron chi connectivity index (χ3n) is 2.84. The molecule has 1 aromatic heterocycles. The lowest BCUT2D eigenvalue weighted by Crippen LogP contribution is -2.24. The number of carboxylic acid groups (broad SMARTS) is 1. The molecule has 2 rings (SSSR count). The summed E-state index contributed by atoms with van der Waals surface area (Å²) < 4.78 is 1.73. The van der Waals surface area contributed by atoms with Gasteiger partial charge >= 0.3 is 5.97 Å². The van der Waals surface area contributed by atoms with Crippen LogP contribution in [0.1, 0.15) is 6.42 Å². The number of hydrogen-bond donors (Lipinski definition) is 2. The Balaban J connectivity index is 2.24. The lowest BCUT2D eigenvalue weighted by molar-refractivity contribution is -0.135. The largest absolute Gasteiger partial charge is 0.480 e. The molecule has 7 heteroatoms. The second-order valence-corrected chi connectivity index (χ2v) is 4.31. The highest BCUT2D eigenvalue weighted by atomic mass is 16.4. The van der Waals surface area contributed by atoms with Gasteiger partial charge in [-0.3, -0.25) is 4.79 Å². The van der Waals surface area contributed by atoms with Crippen LogP contribution in [0, 0.1) is 0 Å². The zero-order chi connectivity index (χ0) is 13.8. The number of benzene rings is 1. The van der Waals surface area contributed by atoms with Gasteiger partial charge in [0.2, 0.25) is 0 Å². The minimum absolute atomic E-state index is 0.0653. The molecule has 0 aliphatic rings. The number of hydrogen-bond acceptors (Lipinski definition) is 5. The number of aliphatic hydroxyl groups excluding tert-OH is 1. The Bertz CT molecular complexity index is 581. The molecule has 0 saturated heterocycles. The van der Waals surface area contributed by atoms with Crippen molar-refractivity contribution < 1.29 is 15.0 Å². The Hall–Kier alpha value is -2.15. The van der Waals surface area contributed by atoms with Crippen molar-refractivity contribution in [1.29, 1.82) is 0 Å². The quantitative estimate of drug-likeness (QED) is 0.781. The SMILES string of the molecule is CN(CC(=O)O)c1ccc2c(c1)nnn2CCCO. The Morgan fingerprint density at radius 1 is 1.47 bits per heavy atom. The van der Waals surface area contributed by atoms with E-state index in [9.17, 15) is 4.79 Å². The van der Waals surface area contributed by atoms with Crippen molar-refractivity contribution in [2.24, 2.45) is 0 Å². The monoisotopic (exact) mass is 264 g/mol. The molecule has 0 amide bonds. The molecular weight excluding hydrogens is 248 g/mol. The van der Waals surface area contributed by atoms with Crippen LogP contribution in [0.25, 0.3) is 11.0 Å². The maximum atomic E-state index is 10.7. The first kappa shape index (κ1) is 13.3. The van der Waals surface area contributed by atoms with Crippen molar-refractivity contribution in [2.45, 2.75) is 13.0 Å². The summed E-state index contributed by atoms with van der Waals surface area (Å²) in [5.74, 6) is -0.880. The van der Waals surface area contributed by atoms with E-state index in [-0.39, 0.29) is 13.2 Å². The van der Waals surface area contributed by atoms with Crippen LogP contribution in [0.15, 0.2) is 18.2 Å². The van der Waals surface area contributed by atoms with Crippen molar-refractivity contribution in [2.75, 3.05) is 25.1 Å². The van der Waals surface area contributed by atoms with E-state index in [0.29, 0.717) is 18.5 Å². The molecular formula is C12H16N4O3. The molecule has 7 nitrogen and oxygen atoms in total. The van der Waals surface area contributed by atoms with Gasteiger partial charge in [0.05, 0.1) is 5.52 Å². The van der Waals surface area contributed by atoms with Gasteiger partial charge in [0.15, 0.2) is 0 Å². The molecule has 0 aliphatic heterocycles. The minimum Gasteiger partial charge on any atom is -0.480 e. The highest BCUT2D eigenvalue weighted by Gasteiger charge is 2.09. The summed E-state index contributed by atoms with van der Waals surface area (Å²) in [4.78, 5) is 12.3. The molecule has 0 atom stereocenters. The van der Waals surface area contributed by atoms with Crippen LogP contribution in [0.5, 0.6) is 0 Å². The van der Waals surface area contributed by atoms with Crippen LogP contribution in [0.2, 0.25) is 0 Å². The van der Waals surface area contributed by atoms with E-state index in [1.54, 1.807) is 22.7 Å². The maximum absolute atomic E-state index is 10.7. The summed E-state index contributed by atoms with van der Waals surface area (Å²) >= 11 is 0. The first-order chi connectivity index (χ1) is 9.11. The summed E-state index contributed by atoms with van der Waals surface area (Å²) in [5, 5.41) is 25.6. The van der Waals surface area contributed by atoms with Crippen molar-refractivity contribution in [3.8, 4) is 0 Å². The van der Waals surface area contributed by atoms with Gasteiger partial charge < -0.3 is 15.1 Å². The van der Waals surface area contributed by atoms with E-state index in [1.165, 1.54) is 0 Å². The maximum Gasteiger partial charge on any atom is 0.323 e. The number of fused-ring (bicyclic) bond motifs is 1. The summed E-state index contributed by atoms with van der Waals surface area (Å²) in [6.45, 7) is 0.655. The van der Waals surface area contributed by atoms with E-state index >= 15 is 0 Å². The molecule has 102 valence electrons. The zero-order valence-electron chi connectivity index (χ0n) is 10.7. The third-order valence-corrected chi connectivity index (χ3v) is 2.84. The minimum atomic E-state index is -0.880. The summed E-state index contributed by atoms with van der Waals surface area (Å²) in [5.41, 5.74) is 2.37. The number of aliphatic hydroxyl groups is 1. The summed E-state index contributed by atoms with van der Waals surface area (Å²) in [6, 6.07) is 5.51. The number of aliphatic carboxylic acids is 1. The number of carboxylic acids is 1. The van der Waals surface area contributed by atoms with Gasteiger partial charge in [-0.1, -0.05) is 5.21 Å². The standard InChI is InChI=1S/C12H16N4O3/c1-15(8-12(18)19)9-3-4-11-10(7-9)13-14-16(11)5-2-6-17/h3-4,7,17H,2,5-6,8H2,1H3,(H,18,19). The van der Waals surface area contributed by atoms with E-state index in [2.05, 4.69) is 10.3 Å². The first-order valence-corrected chi connectivity index (χ1v) is 5.99. The fourth-order valence-electron chi connectivity index (χ4n) is 1.88. The van der Waals surface area contributed by atoms with Gasteiger partial charge in [-0.15, -0.1) is 5.10 Å². The average molecular weight is 264 g/mol. The highest BCUT2D eigenvalue weighted by Crippen LogP contribution is 2.19. The van der Waals surface area contributed by atoms with E-state index in [1.807, 2.05) is 12.1 Å². The number of carbonyl (C=O) groups is 1. The van der Waals surface area contributed by atoms with Crippen molar-refractivity contribution >= 4 is 22.7 Å². The van der Waals surface area contributed by atoms with Gasteiger partial charge in [0, 0.05) is 25.9 Å². The highest BCUT2D eigenvalue weighted by molar-refractivity contribution is 5.80. The number of likely N-dealkylation sites (N-methyl/N-ethyl adjacent to an activating group) is 1. The van der Waals surface area contributed by atoms with Crippen LogP contribution >= 0.6 is 0 Å². The smallest absolute Gasteiger partial charge is 0.323 e. The molecule has 0 spiro atoms. The van der Waals surface area contributed by atoms with Crippen molar-refractivity contribution in [3.63, 3.8) is 0 Å².